The van der Waals surface area contributed by atoms with Gasteiger partial charge in [-0.25, -0.2) is 0 Å². The average Bonchev–Trinajstić information content (AvgIpc) is 3.14. The molecule has 0 unspecified atom stereocenters. The molecule has 1 fully saturated rings. The van der Waals surface area contributed by atoms with Crippen molar-refractivity contribution in [1.82, 2.24) is 5.32 Å². The number of nitrogens with zero attached hydrogens (tertiary/aromatic N) is 1. The van der Waals surface area contributed by atoms with Crippen LogP contribution in [0.15, 0.2) is 75.1 Å². The first-order valence-electron chi connectivity index (χ1n) is 8.77. The van der Waals surface area contributed by atoms with Crippen molar-refractivity contribution in [2.75, 3.05) is 4.90 Å². The summed E-state index contributed by atoms with van der Waals surface area (Å²) in [5.41, 5.74) is 2.53. The predicted octanol–water partition coefficient (Wildman–Crippen LogP) is 4.85. The highest BCUT2D eigenvalue weighted by molar-refractivity contribution is 9.10. The molecule has 0 radical (unpaired) electrons. The second-order valence-electron chi connectivity index (χ2n) is 6.48. The fourth-order valence-corrected chi connectivity index (χ4v) is 3.98. The SMILES string of the molecule is Cc1ccc(-c2ccc(C=C3C(=O)NC(=S)N(c4ccccc4)C3=O)o2)c(Br)c1. The normalized spacial score (nSPS) is 15.7. The summed E-state index contributed by atoms with van der Waals surface area (Å²) in [4.78, 5) is 26.7. The molecule has 1 aromatic heterocycles. The van der Waals surface area contributed by atoms with Gasteiger partial charge in [-0.2, -0.15) is 0 Å². The van der Waals surface area contributed by atoms with Crippen molar-refractivity contribution in [3.63, 3.8) is 0 Å². The van der Waals surface area contributed by atoms with Gasteiger partial charge >= 0.3 is 0 Å². The molecule has 7 heteroatoms. The number of benzene rings is 2. The fourth-order valence-electron chi connectivity index (χ4n) is 3.01. The number of para-hydroxylation sites is 1. The molecule has 1 saturated heterocycles. The molecule has 1 aliphatic heterocycles. The summed E-state index contributed by atoms with van der Waals surface area (Å²) in [5, 5.41) is 2.61. The standard InChI is InChI=1S/C22H15BrN2O3S/c1-13-7-9-16(18(23)11-13)19-10-8-15(28-19)12-17-20(26)24-22(29)25(21(17)27)14-5-3-2-4-6-14/h2-12H,1H3,(H,24,26,29). The number of carbonyl (C=O) groups is 2. The summed E-state index contributed by atoms with van der Waals surface area (Å²) in [7, 11) is 0. The van der Waals surface area contributed by atoms with Crippen LogP contribution in [-0.2, 0) is 9.59 Å². The van der Waals surface area contributed by atoms with E-state index in [2.05, 4.69) is 21.2 Å². The number of halogens is 1. The second kappa shape index (κ2) is 7.77. The van der Waals surface area contributed by atoms with E-state index in [1.54, 1.807) is 36.4 Å². The van der Waals surface area contributed by atoms with Gasteiger partial charge in [-0.15, -0.1) is 0 Å². The van der Waals surface area contributed by atoms with E-state index in [-0.39, 0.29) is 10.7 Å². The number of nitrogens with one attached hydrogen (secondary N) is 1. The summed E-state index contributed by atoms with van der Waals surface area (Å²) in [6.45, 7) is 2.00. The zero-order chi connectivity index (χ0) is 20.5. The molecular weight excluding hydrogens is 452 g/mol. The molecule has 4 rings (SSSR count). The lowest BCUT2D eigenvalue weighted by Gasteiger charge is -2.28. The zero-order valence-electron chi connectivity index (χ0n) is 15.3. The minimum atomic E-state index is -0.554. The summed E-state index contributed by atoms with van der Waals surface area (Å²) < 4.78 is 6.77. The molecule has 144 valence electrons. The maximum Gasteiger partial charge on any atom is 0.270 e. The van der Waals surface area contributed by atoms with Crippen molar-refractivity contribution >= 4 is 56.8 Å². The zero-order valence-corrected chi connectivity index (χ0v) is 17.7. The van der Waals surface area contributed by atoms with Crippen LogP contribution in [0.3, 0.4) is 0 Å². The van der Waals surface area contributed by atoms with Gasteiger partial charge in [-0.05, 0) is 67.2 Å². The largest absolute Gasteiger partial charge is 0.457 e. The number of rotatable bonds is 3. The molecule has 3 aromatic rings. The van der Waals surface area contributed by atoms with Crippen LogP contribution >= 0.6 is 28.1 Å². The van der Waals surface area contributed by atoms with Gasteiger partial charge in [-0.1, -0.05) is 40.2 Å². The third-order valence-corrected chi connectivity index (χ3v) is 5.36. The molecule has 1 aliphatic rings. The Hall–Kier alpha value is -3.03. The molecule has 0 bridgehead atoms. The first kappa shape index (κ1) is 19.3. The molecule has 2 aromatic carbocycles. The van der Waals surface area contributed by atoms with E-state index in [9.17, 15) is 9.59 Å². The van der Waals surface area contributed by atoms with Crippen LogP contribution in [-0.4, -0.2) is 16.9 Å². The van der Waals surface area contributed by atoms with E-state index >= 15 is 0 Å². The maximum atomic E-state index is 13.0. The van der Waals surface area contributed by atoms with Crippen LogP contribution in [0.4, 0.5) is 5.69 Å². The summed E-state index contributed by atoms with van der Waals surface area (Å²) in [6, 6.07) is 18.4. The number of thiocarbonyl (C=S) groups is 1. The number of aryl methyl sites for hydroxylation is 1. The van der Waals surface area contributed by atoms with Gasteiger partial charge in [0.05, 0.1) is 5.69 Å². The monoisotopic (exact) mass is 466 g/mol. The predicted molar refractivity (Wildman–Crippen MR) is 119 cm³/mol. The second-order valence-corrected chi connectivity index (χ2v) is 7.72. The van der Waals surface area contributed by atoms with Crippen molar-refractivity contribution in [3.05, 3.63) is 82.0 Å². The molecule has 2 amide bonds. The van der Waals surface area contributed by atoms with Crippen LogP contribution in [0, 0.1) is 6.92 Å². The van der Waals surface area contributed by atoms with Crippen molar-refractivity contribution in [2.24, 2.45) is 0 Å². The van der Waals surface area contributed by atoms with Gasteiger partial charge in [0.2, 0.25) is 0 Å². The Kier molecular flexibility index (Phi) is 5.17. The van der Waals surface area contributed by atoms with E-state index in [1.165, 1.54) is 11.0 Å². The van der Waals surface area contributed by atoms with Crippen molar-refractivity contribution in [2.45, 2.75) is 6.92 Å². The van der Waals surface area contributed by atoms with E-state index < -0.39 is 11.8 Å². The van der Waals surface area contributed by atoms with E-state index in [0.717, 1.165) is 15.6 Å². The van der Waals surface area contributed by atoms with Gasteiger partial charge in [0.15, 0.2) is 5.11 Å². The Morgan fingerprint density at radius 2 is 1.83 bits per heavy atom. The molecule has 0 aliphatic carbocycles. The lowest BCUT2D eigenvalue weighted by atomic mass is 10.1. The van der Waals surface area contributed by atoms with Crippen molar-refractivity contribution in [1.29, 1.82) is 0 Å². The lowest BCUT2D eigenvalue weighted by molar-refractivity contribution is -0.122. The Morgan fingerprint density at radius 3 is 2.55 bits per heavy atom. The third-order valence-electron chi connectivity index (χ3n) is 4.42. The average molecular weight is 467 g/mol. The van der Waals surface area contributed by atoms with Gasteiger partial charge in [0.25, 0.3) is 11.8 Å². The smallest absolute Gasteiger partial charge is 0.270 e. The molecule has 0 atom stereocenters. The lowest BCUT2D eigenvalue weighted by Crippen LogP contribution is -2.54. The number of anilines is 1. The highest BCUT2D eigenvalue weighted by atomic mass is 79.9. The number of hydrogen-bond donors (Lipinski definition) is 1. The first-order chi connectivity index (χ1) is 13.9. The molecule has 0 spiro atoms. The minimum absolute atomic E-state index is 0.0482. The van der Waals surface area contributed by atoms with Crippen LogP contribution < -0.4 is 10.2 Å². The number of furan rings is 1. The van der Waals surface area contributed by atoms with Crippen molar-refractivity contribution in [3.8, 4) is 11.3 Å². The molecule has 1 N–H and O–H groups in total. The number of hydrogen-bond acceptors (Lipinski definition) is 4. The van der Waals surface area contributed by atoms with E-state index in [1.807, 2.05) is 31.2 Å². The van der Waals surface area contributed by atoms with Gasteiger partial charge in [0, 0.05) is 10.0 Å². The quantitative estimate of drug-likeness (QED) is 0.340. The Morgan fingerprint density at radius 1 is 1.07 bits per heavy atom. The van der Waals surface area contributed by atoms with Gasteiger partial charge < -0.3 is 4.42 Å². The summed E-state index contributed by atoms with van der Waals surface area (Å²) >= 11 is 8.73. The van der Waals surface area contributed by atoms with Crippen LogP contribution in [0.2, 0.25) is 0 Å². The maximum absolute atomic E-state index is 13.0. The highest BCUT2D eigenvalue weighted by Crippen LogP contribution is 2.31. The van der Waals surface area contributed by atoms with Crippen LogP contribution in [0.1, 0.15) is 11.3 Å². The highest BCUT2D eigenvalue weighted by Gasteiger charge is 2.34. The fraction of sp³-hybridized carbons (Fsp3) is 0.0455. The minimum Gasteiger partial charge on any atom is -0.457 e. The number of carbonyl (C=O) groups excluding carboxylic acids is 2. The van der Waals surface area contributed by atoms with Gasteiger partial charge in [0.1, 0.15) is 17.1 Å². The first-order valence-corrected chi connectivity index (χ1v) is 9.97. The Balaban J connectivity index is 1.68. The molecule has 29 heavy (non-hydrogen) atoms. The molecule has 5 nitrogen and oxygen atoms in total. The van der Waals surface area contributed by atoms with Crippen LogP contribution in [0.5, 0.6) is 0 Å². The van der Waals surface area contributed by atoms with Gasteiger partial charge in [-0.3, -0.25) is 19.8 Å². The van der Waals surface area contributed by atoms with Crippen molar-refractivity contribution < 1.29 is 14.0 Å². The van der Waals surface area contributed by atoms with E-state index in [0.29, 0.717) is 17.2 Å². The number of amides is 2. The topological polar surface area (TPSA) is 62.6 Å². The summed E-state index contributed by atoms with van der Waals surface area (Å²) in [6.07, 6.45) is 1.43. The van der Waals surface area contributed by atoms with Crippen LogP contribution in [0.25, 0.3) is 17.4 Å². The third kappa shape index (κ3) is 3.79. The molecule has 0 saturated carbocycles. The summed E-state index contributed by atoms with van der Waals surface area (Å²) in [5.74, 6) is -0.0318. The molecule has 2 heterocycles. The Labute approximate surface area is 181 Å². The molecular formula is C22H15BrN2O3S. The van der Waals surface area contributed by atoms with E-state index in [4.69, 9.17) is 16.6 Å². The Bertz CT molecular complexity index is 1170.